The second-order valence-corrected chi connectivity index (χ2v) is 6.23. The molecule has 2 aromatic heterocycles. The first-order valence-electron chi connectivity index (χ1n) is 8.20. The van der Waals surface area contributed by atoms with Crippen molar-refractivity contribution in [2.75, 3.05) is 12.3 Å². The number of hydrogen-bond acceptors (Lipinski definition) is 5. The predicted octanol–water partition coefficient (Wildman–Crippen LogP) is 4.13. The van der Waals surface area contributed by atoms with E-state index in [0.717, 1.165) is 0 Å². The number of nitrogens with zero attached hydrogens (tertiary/aromatic N) is 3. The van der Waals surface area contributed by atoms with Gasteiger partial charge in [0.15, 0.2) is 5.65 Å². The topological polar surface area (TPSA) is 83.0 Å². The molecule has 0 atom stereocenters. The summed E-state index contributed by atoms with van der Waals surface area (Å²) < 4.78 is 21.1. The van der Waals surface area contributed by atoms with Crippen LogP contribution < -0.4 is 5.73 Å². The molecular formula is C19H14ClFN4O2. The summed E-state index contributed by atoms with van der Waals surface area (Å²) >= 11 is 5.85. The van der Waals surface area contributed by atoms with Crippen molar-refractivity contribution in [1.29, 1.82) is 0 Å². The summed E-state index contributed by atoms with van der Waals surface area (Å²) in [6, 6.07) is 11.3. The average molecular weight is 385 g/mol. The molecule has 0 saturated heterocycles. The van der Waals surface area contributed by atoms with Crippen LogP contribution >= 0.6 is 11.6 Å². The van der Waals surface area contributed by atoms with Crippen LogP contribution in [0.1, 0.15) is 17.3 Å². The normalized spacial score (nSPS) is 11.2. The zero-order chi connectivity index (χ0) is 19.1. The fraction of sp³-hybridized carbons (Fsp3) is 0.105. The van der Waals surface area contributed by atoms with Gasteiger partial charge in [-0.25, -0.2) is 19.2 Å². The average Bonchev–Trinajstić information content (AvgIpc) is 2.91. The molecule has 0 bridgehead atoms. The minimum absolute atomic E-state index is 0.0000198. The van der Waals surface area contributed by atoms with Gasteiger partial charge < -0.3 is 10.5 Å². The summed E-state index contributed by atoms with van der Waals surface area (Å²) in [5, 5.41) is 0.244. The van der Waals surface area contributed by atoms with Crippen LogP contribution in [-0.4, -0.2) is 27.1 Å². The number of halogens is 2. The minimum Gasteiger partial charge on any atom is -0.462 e. The largest absolute Gasteiger partial charge is 0.462 e. The first-order valence-corrected chi connectivity index (χ1v) is 8.58. The van der Waals surface area contributed by atoms with Crippen LogP contribution in [0.3, 0.4) is 0 Å². The molecule has 136 valence electrons. The molecule has 2 N–H and O–H groups in total. The second-order valence-electron chi connectivity index (χ2n) is 5.80. The molecule has 8 heteroatoms. The predicted molar refractivity (Wildman–Crippen MR) is 102 cm³/mol. The van der Waals surface area contributed by atoms with Crippen molar-refractivity contribution in [1.82, 2.24) is 14.5 Å². The molecular weight excluding hydrogens is 371 g/mol. The lowest BCUT2D eigenvalue weighted by molar-refractivity contribution is 0.0529. The van der Waals surface area contributed by atoms with Crippen LogP contribution in [0.4, 0.5) is 10.2 Å². The lowest BCUT2D eigenvalue weighted by Gasteiger charge is -2.09. The molecule has 0 aliphatic rings. The van der Waals surface area contributed by atoms with Gasteiger partial charge in [0.25, 0.3) is 0 Å². The number of para-hydroxylation sites is 2. The molecule has 0 aliphatic carbocycles. The zero-order valence-electron chi connectivity index (χ0n) is 14.2. The fourth-order valence-electron chi connectivity index (χ4n) is 2.97. The molecule has 2 aromatic carbocycles. The SMILES string of the molecule is CCOC(=O)c1c(N)n(-c2ccc(Cl)cc2F)c2nc3ccccc3nc12. The molecule has 2 heterocycles. The van der Waals surface area contributed by atoms with E-state index in [1.807, 2.05) is 12.1 Å². The summed E-state index contributed by atoms with van der Waals surface area (Å²) in [5.41, 5.74) is 8.09. The highest BCUT2D eigenvalue weighted by Gasteiger charge is 2.26. The van der Waals surface area contributed by atoms with Crippen molar-refractivity contribution >= 4 is 45.6 Å². The second kappa shape index (κ2) is 6.51. The Morgan fingerprint density at radius 3 is 2.59 bits per heavy atom. The van der Waals surface area contributed by atoms with Gasteiger partial charge in [0.1, 0.15) is 22.7 Å². The van der Waals surface area contributed by atoms with Crippen molar-refractivity contribution in [3.8, 4) is 5.69 Å². The van der Waals surface area contributed by atoms with E-state index >= 15 is 0 Å². The number of fused-ring (bicyclic) bond motifs is 2. The highest BCUT2D eigenvalue weighted by atomic mass is 35.5. The lowest BCUT2D eigenvalue weighted by Crippen LogP contribution is -2.09. The van der Waals surface area contributed by atoms with E-state index in [0.29, 0.717) is 11.0 Å². The van der Waals surface area contributed by atoms with Gasteiger partial charge in [-0.2, -0.15) is 0 Å². The third kappa shape index (κ3) is 2.76. The van der Waals surface area contributed by atoms with E-state index in [1.165, 1.54) is 22.8 Å². The number of benzene rings is 2. The van der Waals surface area contributed by atoms with Gasteiger partial charge in [0.05, 0.1) is 23.3 Å². The monoisotopic (exact) mass is 384 g/mol. The number of anilines is 1. The van der Waals surface area contributed by atoms with E-state index in [4.69, 9.17) is 22.1 Å². The van der Waals surface area contributed by atoms with E-state index in [-0.39, 0.29) is 39.9 Å². The number of rotatable bonds is 3. The molecule has 4 rings (SSSR count). The molecule has 4 aromatic rings. The molecule has 0 spiro atoms. The van der Waals surface area contributed by atoms with E-state index < -0.39 is 11.8 Å². The van der Waals surface area contributed by atoms with Gasteiger partial charge in [-0.3, -0.25) is 4.57 Å². The van der Waals surface area contributed by atoms with E-state index in [1.54, 1.807) is 19.1 Å². The molecule has 0 fully saturated rings. The molecule has 6 nitrogen and oxygen atoms in total. The van der Waals surface area contributed by atoms with Crippen molar-refractivity contribution in [3.63, 3.8) is 0 Å². The Kier molecular flexibility index (Phi) is 4.16. The number of carbonyl (C=O) groups excluding carboxylic acids is 1. The molecule has 0 radical (unpaired) electrons. The first-order chi connectivity index (χ1) is 13.0. The van der Waals surface area contributed by atoms with Gasteiger partial charge >= 0.3 is 5.97 Å². The number of nitrogens with two attached hydrogens (primary N) is 1. The maximum Gasteiger partial charge on any atom is 0.344 e. The molecule has 27 heavy (non-hydrogen) atoms. The van der Waals surface area contributed by atoms with Crippen LogP contribution in [-0.2, 0) is 4.74 Å². The standard InChI is InChI=1S/C19H14ClFN4O2/c1-2-27-19(26)15-16-18(24-13-6-4-3-5-12(13)23-16)25(17(15)22)14-8-7-10(20)9-11(14)21/h3-9H,2,22H2,1H3. The highest BCUT2D eigenvalue weighted by molar-refractivity contribution is 6.30. The summed E-state index contributed by atoms with van der Waals surface area (Å²) in [6.45, 7) is 1.86. The van der Waals surface area contributed by atoms with Crippen molar-refractivity contribution in [2.24, 2.45) is 0 Å². The Morgan fingerprint density at radius 1 is 1.22 bits per heavy atom. The fourth-order valence-corrected chi connectivity index (χ4v) is 3.13. The maximum absolute atomic E-state index is 14.6. The van der Waals surface area contributed by atoms with Gasteiger partial charge in [-0.05, 0) is 37.3 Å². The van der Waals surface area contributed by atoms with Crippen LogP contribution in [0.2, 0.25) is 5.02 Å². The Morgan fingerprint density at radius 2 is 1.93 bits per heavy atom. The van der Waals surface area contributed by atoms with Gasteiger partial charge in [0, 0.05) is 5.02 Å². The molecule has 0 unspecified atom stereocenters. The Balaban J connectivity index is 2.12. The Hall–Kier alpha value is -3.19. The third-order valence-corrected chi connectivity index (χ3v) is 4.36. The van der Waals surface area contributed by atoms with Crippen molar-refractivity contribution in [2.45, 2.75) is 6.92 Å². The Bertz CT molecular complexity index is 1210. The lowest BCUT2D eigenvalue weighted by atomic mass is 10.2. The number of aromatic nitrogens is 3. The van der Waals surface area contributed by atoms with Crippen LogP contribution in [0.5, 0.6) is 0 Å². The summed E-state index contributed by atoms with van der Waals surface area (Å²) in [7, 11) is 0. The number of esters is 1. The first kappa shape index (κ1) is 17.2. The quantitative estimate of drug-likeness (QED) is 0.537. The van der Waals surface area contributed by atoms with E-state index in [9.17, 15) is 9.18 Å². The maximum atomic E-state index is 14.6. The minimum atomic E-state index is -0.641. The van der Waals surface area contributed by atoms with Crippen LogP contribution in [0.15, 0.2) is 42.5 Å². The molecule has 0 aliphatic heterocycles. The van der Waals surface area contributed by atoms with Crippen LogP contribution in [0, 0.1) is 5.82 Å². The highest BCUT2D eigenvalue weighted by Crippen LogP contribution is 2.33. The van der Waals surface area contributed by atoms with Crippen molar-refractivity contribution < 1.29 is 13.9 Å². The number of nitrogen functional groups attached to an aromatic ring is 1. The van der Waals surface area contributed by atoms with Gasteiger partial charge in [-0.15, -0.1) is 0 Å². The summed E-state index contributed by atoms with van der Waals surface area (Å²) in [4.78, 5) is 21.6. The summed E-state index contributed by atoms with van der Waals surface area (Å²) in [5.74, 6) is -1.24. The zero-order valence-corrected chi connectivity index (χ0v) is 15.0. The summed E-state index contributed by atoms with van der Waals surface area (Å²) in [6.07, 6.45) is 0. The van der Waals surface area contributed by atoms with Gasteiger partial charge in [0.2, 0.25) is 0 Å². The van der Waals surface area contributed by atoms with Gasteiger partial charge in [-0.1, -0.05) is 23.7 Å². The smallest absolute Gasteiger partial charge is 0.344 e. The van der Waals surface area contributed by atoms with E-state index in [2.05, 4.69) is 9.97 Å². The van der Waals surface area contributed by atoms with Crippen LogP contribution in [0.25, 0.3) is 27.9 Å². The number of carbonyl (C=O) groups is 1. The van der Waals surface area contributed by atoms with Crippen molar-refractivity contribution in [3.05, 3.63) is 58.9 Å². The third-order valence-electron chi connectivity index (χ3n) is 4.13. The number of hydrogen-bond donors (Lipinski definition) is 1. The Labute approximate surface area is 158 Å². The number of ether oxygens (including phenoxy) is 1. The molecule has 0 saturated carbocycles. The molecule has 0 amide bonds.